The molecule has 0 unspecified atom stereocenters. The summed E-state index contributed by atoms with van der Waals surface area (Å²) in [6, 6.07) is 6.01. The van der Waals surface area contributed by atoms with Gasteiger partial charge in [-0.15, -0.1) is 0 Å². The van der Waals surface area contributed by atoms with E-state index in [0.29, 0.717) is 4.99 Å². The third kappa shape index (κ3) is 1.84. The van der Waals surface area contributed by atoms with Gasteiger partial charge in [-0.2, -0.15) is 0 Å². The van der Waals surface area contributed by atoms with Crippen LogP contribution in [0.3, 0.4) is 0 Å². The van der Waals surface area contributed by atoms with Gasteiger partial charge in [0.2, 0.25) is 0 Å². The third-order valence-corrected chi connectivity index (χ3v) is 2.72. The van der Waals surface area contributed by atoms with Gasteiger partial charge < -0.3 is 10.3 Å². The Morgan fingerprint density at radius 1 is 1.38 bits per heavy atom. The fraction of sp³-hybridized carbons (Fsp3) is 0.167. The number of benzene rings is 1. The fourth-order valence-corrected chi connectivity index (χ4v) is 1.85. The molecule has 0 aliphatic rings. The number of imidazole rings is 1. The van der Waals surface area contributed by atoms with Crippen LogP contribution >= 0.6 is 12.2 Å². The van der Waals surface area contributed by atoms with Gasteiger partial charge in [-0.3, -0.25) is 0 Å². The maximum absolute atomic E-state index is 5.72. The van der Waals surface area contributed by atoms with Gasteiger partial charge in [-0.05, 0) is 31.5 Å². The molecule has 0 fully saturated rings. The lowest BCUT2D eigenvalue weighted by Gasteiger charge is -2.11. The van der Waals surface area contributed by atoms with Crippen LogP contribution in [0.5, 0.6) is 0 Å². The number of hydrogen-bond acceptors (Lipinski definition) is 2. The predicted molar refractivity (Wildman–Crippen MR) is 68.9 cm³/mol. The summed E-state index contributed by atoms with van der Waals surface area (Å²) in [5.74, 6) is 0.920. The van der Waals surface area contributed by atoms with Gasteiger partial charge >= 0.3 is 0 Å². The van der Waals surface area contributed by atoms with Crippen molar-refractivity contribution in [1.82, 2.24) is 9.55 Å². The Balaban J connectivity index is 2.67. The van der Waals surface area contributed by atoms with Crippen LogP contribution < -0.4 is 5.73 Å². The first-order valence-corrected chi connectivity index (χ1v) is 5.41. The number of aryl methyl sites for hydroxylation is 2. The van der Waals surface area contributed by atoms with E-state index in [9.17, 15) is 0 Å². The summed E-state index contributed by atoms with van der Waals surface area (Å²) < 4.78 is 1.99. The molecule has 0 saturated heterocycles. The SMILES string of the molecule is Cc1ccc(C(N)=S)c(-n2ccnc2C)c1. The summed E-state index contributed by atoms with van der Waals surface area (Å²) in [7, 11) is 0. The standard InChI is InChI=1S/C12H13N3S/c1-8-3-4-10(12(13)16)11(7-8)15-6-5-14-9(15)2/h3-7H,1-2H3,(H2,13,16). The second kappa shape index (κ2) is 4.06. The van der Waals surface area contributed by atoms with E-state index >= 15 is 0 Å². The summed E-state index contributed by atoms with van der Waals surface area (Å²) >= 11 is 5.05. The summed E-state index contributed by atoms with van der Waals surface area (Å²) in [5, 5.41) is 0. The van der Waals surface area contributed by atoms with Crippen molar-refractivity contribution in [2.45, 2.75) is 13.8 Å². The van der Waals surface area contributed by atoms with Gasteiger partial charge in [0, 0.05) is 18.0 Å². The highest BCUT2D eigenvalue weighted by atomic mass is 32.1. The second-order valence-electron chi connectivity index (χ2n) is 3.73. The minimum atomic E-state index is 0.406. The van der Waals surface area contributed by atoms with E-state index in [1.165, 1.54) is 5.56 Å². The Kier molecular flexibility index (Phi) is 2.75. The Bertz CT molecular complexity index is 543. The molecule has 2 aromatic rings. The zero-order valence-corrected chi connectivity index (χ0v) is 10.1. The van der Waals surface area contributed by atoms with Crippen LogP contribution in [0.15, 0.2) is 30.6 Å². The molecular formula is C12H13N3S. The van der Waals surface area contributed by atoms with E-state index < -0.39 is 0 Å². The van der Waals surface area contributed by atoms with Crippen LogP contribution in [0.25, 0.3) is 5.69 Å². The van der Waals surface area contributed by atoms with E-state index in [-0.39, 0.29) is 0 Å². The zero-order valence-electron chi connectivity index (χ0n) is 9.27. The van der Waals surface area contributed by atoms with Crippen molar-refractivity contribution >= 4 is 17.2 Å². The second-order valence-corrected chi connectivity index (χ2v) is 4.17. The van der Waals surface area contributed by atoms with E-state index in [2.05, 4.69) is 11.1 Å². The first-order chi connectivity index (χ1) is 7.59. The molecule has 2 rings (SSSR count). The molecule has 3 nitrogen and oxygen atoms in total. The van der Waals surface area contributed by atoms with Gasteiger partial charge in [0.1, 0.15) is 10.8 Å². The highest BCUT2D eigenvalue weighted by Crippen LogP contribution is 2.18. The van der Waals surface area contributed by atoms with Crippen molar-refractivity contribution in [3.05, 3.63) is 47.5 Å². The molecule has 0 atom stereocenters. The van der Waals surface area contributed by atoms with Crippen molar-refractivity contribution in [2.75, 3.05) is 0 Å². The van der Waals surface area contributed by atoms with Gasteiger partial charge in [-0.25, -0.2) is 4.98 Å². The van der Waals surface area contributed by atoms with Crippen molar-refractivity contribution in [3.8, 4) is 5.69 Å². The van der Waals surface area contributed by atoms with Crippen molar-refractivity contribution in [3.63, 3.8) is 0 Å². The molecule has 82 valence electrons. The van der Waals surface area contributed by atoms with E-state index in [1.807, 2.05) is 36.7 Å². The van der Waals surface area contributed by atoms with Crippen LogP contribution in [0, 0.1) is 13.8 Å². The molecule has 2 N–H and O–H groups in total. The molecule has 1 aromatic carbocycles. The maximum Gasteiger partial charge on any atom is 0.110 e. The Morgan fingerprint density at radius 2 is 2.12 bits per heavy atom. The quantitative estimate of drug-likeness (QED) is 0.805. The van der Waals surface area contributed by atoms with Gasteiger partial charge in [0.25, 0.3) is 0 Å². The minimum absolute atomic E-state index is 0.406. The smallest absolute Gasteiger partial charge is 0.110 e. The molecule has 0 aliphatic heterocycles. The van der Waals surface area contributed by atoms with Gasteiger partial charge in [0.15, 0.2) is 0 Å². The number of nitrogens with zero attached hydrogens (tertiary/aromatic N) is 2. The molecule has 4 heteroatoms. The lowest BCUT2D eigenvalue weighted by atomic mass is 10.1. The highest BCUT2D eigenvalue weighted by Gasteiger charge is 2.08. The van der Waals surface area contributed by atoms with Gasteiger partial charge in [0.05, 0.1) is 5.69 Å². The first-order valence-electron chi connectivity index (χ1n) is 5.00. The van der Waals surface area contributed by atoms with Crippen molar-refractivity contribution in [2.24, 2.45) is 5.73 Å². The minimum Gasteiger partial charge on any atom is -0.389 e. The topological polar surface area (TPSA) is 43.8 Å². The molecule has 0 bridgehead atoms. The molecule has 0 radical (unpaired) electrons. The van der Waals surface area contributed by atoms with Gasteiger partial charge in [-0.1, -0.05) is 18.3 Å². The van der Waals surface area contributed by atoms with Crippen molar-refractivity contribution < 1.29 is 0 Å². The molecule has 0 saturated carbocycles. The van der Waals surface area contributed by atoms with Crippen LogP contribution in [-0.2, 0) is 0 Å². The third-order valence-electron chi connectivity index (χ3n) is 2.50. The Labute approximate surface area is 99.9 Å². The molecule has 16 heavy (non-hydrogen) atoms. The zero-order chi connectivity index (χ0) is 11.7. The molecular weight excluding hydrogens is 218 g/mol. The average Bonchev–Trinajstić information content (AvgIpc) is 2.63. The normalized spacial score (nSPS) is 10.4. The van der Waals surface area contributed by atoms with Crippen LogP contribution in [0.2, 0.25) is 0 Å². The summed E-state index contributed by atoms with van der Waals surface area (Å²) in [4.78, 5) is 4.61. The number of thiocarbonyl (C=S) groups is 1. The van der Waals surface area contributed by atoms with Crippen LogP contribution in [0.4, 0.5) is 0 Å². The van der Waals surface area contributed by atoms with E-state index in [1.54, 1.807) is 6.20 Å². The molecule has 0 spiro atoms. The number of hydrogen-bond donors (Lipinski definition) is 1. The van der Waals surface area contributed by atoms with E-state index in [0.717, 1.165) is 17.1 Å². The maximum atomic E-state index is 5.72. The number of nitrogens with two attached hydrogens (primary N) is 1. The lowest BCUT2D eigenvalue weighted by Crippen LogP contribution is -2.13. The summed E-state index contributed by atoms with van der Waals surface area (Å²) in [6.07, 6.45) is 3.67. The summed E-state index contributed by atoms with van der Waals surface area (Å²) in [5.41, 5.74) is 8.75. The number of rotatable bonds is 2. The lowest BCUT2D eigenvalue weighted by molar-refractivity contribution is 0.970. The first kappa shape index (κ1) is 10.8. The average molecular weight is 231 g/mol. The monoisotopic (exact) mass is 231 g/mol. The Morgan fingerprint density at radius 3 is 2.69 bits per heavy atom. The van der Waals surface area contributed by atoms with E-state index in [4.69, 9.17) is 18.0 Å². The fourth-order valence-electron chi connectivity index (χ4n) is 1.68. The predicted octanol–water partition coefficient (Wildman–Crippen LogP) is 2.12. The Hall–Kier alpha value is -1.68. The number of aromatic nitrogens is 2. The largest absolute Gasteiger partial charge is 0.389 e. The molecule has 1 aromatic heterocycles. The molecule has 0 aliphatic carbocycles. The molecule has 1 heterocycles. The summed E-state index contributed by atoms with van der Waals surface area (Å²) in [6.45, 7) is 3.99. The van der Waals surface area contributed by atoms with Crippen LogP contribution in [0.1, 0.15) is 17.0 Å². The van der Waals surface area contributed by atoms with Crippen molar-refractivity contribution in [1.29, 1.82) is 0 Å². The highest BCUT2D eigenvalue weighted by molar-refractivity contribution is 7.80. The van der Waals surface area contributed by atoms with Crippen LogP contribution in [-0.4, -0.2) is 14.5 Å². The molecule has 0 amide bonds.